The fraction of sp³-hybridized carbons (Fsp3) is 0.321. The molecule has 1 aliphatic heterocycles. The summed E-state index contributed by atoms with van der Waals surface area (Å²) in [6.45, 7) is 0.384. The minimum absolute atomic E-state index is 0.0160. The highest BCUT2D eigenvalue weighted by molar-refractivity contribution is 7.90. The highest BCUT2D eigenvalue weighted by Crippen LogP contribution is 2.27. The topological polar surface area (TPSA) is 121 Å². The summed E-state index contributed by atoms with van der Waals surface area (Å²) in [5.41, 5.74) is 0.360. The van der Waals surface area contributed by atoms with Crippen LogP contribution >= 0.6 is 0 Å². The third-order valence-corrected chi connectivity index (χ3v) is 10.2. The molecule has 2 aromatic heterocycles. The molecule has 1 atom stereocenters. The summed E-state index contributed by atoms with van der Waals surface area (Å²) in [6.07, 6.45) is 4.06. The average molecular weight is 604 g/mol. The molecule has 0 amide bonds. The summed E-state index contributed by atoms with van der Waals surface area (Å²) in [4.78, 5) is 4.25. The third-order valence-electron chi connectivity index (χ3n) is 6.84. The molecule has 1 aliphatic rings. The van der Waals surface area contributed by atoms with Gasteiger partial charge in [-0.25, -0.2) is 26.2 Å². The maximum absolute atomic E-state index is 14.4. The lowest BCUT2D eigenvalue weighted by atomic mass is 10.2. The van der Waals surface area contributed by atoms with Gasteiger partial charge < -0.3 is 18.5 Å². The molecule has 0 saturated carbocycles. The zero-order valence-electron chi connectivity index (χ0n) is 22.3. The van der Waals surface area contributed by atoms with Crippen molar-refractivity contribution in [3.8, 4) is 5.75 Å². The fourth-order valence-corrected chi connectivity index (χ4v) is 7.61. The van der Waals surface area contributed by atoms with Gasteiger partial charge in [0, 0.05) is 12.2 Å². The molecule has 0 spiro atoms. The van der Waals surface area contributed by atoms with Gasteiger partial charge in [0.05, 0.1) is 61.7 Å². The maximum Gasteiger partial charge on any atom is 0.243 e. The van der Waals surface area contributed by atoms with E-state index in [1.54, 1.807) is 30.3 Å². The van der Waals surface area contributed by atoms with E-state index >= 15 is 0 Å². The molecular formula is C28H30FN3O7S2. The number of methoxy groups -OCH3 is 1. The molecular weight excluding hydrogens is 573 g/mol. The van der Waals surface area contributed by atoms with Crippen molar-refractivity contribution in [2.75, 3.05) is 13.7 Å². The number of imidazole rings is 1. The molecule has 1 saturated heterocycles. The van der Waals surface area contributed by atoms with Crippen molar-refractivity contribution in [2.45, 2.75) is 54.4 Å². The van der Waals surface area contributed by atoms with Crippen LogP contribution in [-0.2, 0) is 50.0 Å². The first kappa shape index (κ1) is 29.0. The number of sulfone groups is 1. The first-order valence-corrected chi connectivity index (χ1v) is 16.1. The van der Waals surface area contributed by atoms with E-state index in [1.165, 1.54) is 58.8 Å². The number of hydrogen-bond donors (Lipinski definition) is 0. The first-order chi connectivity index (χ1) is 19.7. The van der Waals surface area contributed by atoms with Crippen molar-refractivity contribution in [3.05, 3.63) is 96.0 Å². The van der Waals surface area contributed by atoms with Crippen LogP contribution in [0.2, 0.25) is 0 Å². The Hall–Kier alpha value is -3.52. The second kappa shape index (κ2) is 12.1. The van der Waals surface area contributed by atoms with E-state index in [4.69, 9.17) is 13.9 Å². The molecule has 0 N–H and O–H groups in total. The van der Waals surface area contributed by atoms with Crippen LogP contribution in [0.5, 0.6) is 5.75 Å². The molecule has 0 radical (unpaired) electrons. The SMILES string of the molecule is COc1ccc(S(=O)(=O)N(Cc2ccco2)Cc2cnc(S(=O)(=O)Cc3ccccc3F)n2CC2CCCO2)cc1. The Morgan fingerprint density at radius 2 is 1.83 bits per heavy atom. The number of sulfonamides is 1. The van der Waals surface area contributed by atoms with Crippen molar-refractivity contribution in [2.24, 2.45) is 0 Å². The van der Waals surface area contributed by atoms with Gasteiger partial charge in [0.2, 0.25) is 25.0 Å². The smallest absolute Gasteiger partial charge is 0.243 e. The van der Waals surface area contributed by atoms with Gasteiger partial charge in [-0.1, -0.05) is 18.2 Å². The summed E-state index contributed by atoms with van der Waals surface area (Å²) in [7, 11) is -6.70. The summed E-state index contributed by atoms with van der Waals surface area (Å²) < 4.78 is 88.1. The first-order valence-electron chi connectivity index (χ1n) is 13.0. The summed E-state index contributed by atoms with van der Waals surface area (Å²) >= 11 is 0. The minimum atomic E-state index is -4.11. The van der Waals surface area contributed by atoms with Crippen LogP contribution in [0.1, 0.15) is 29.9 Å². The molecule has 3 heterocycles. The number of aromatic nitrogens is 2. The molecule has 1 unspecified atom stereocenters. The standard InChI is InChI=1S/C28H30FN3O7S2/c1-37-23-10-12-26(13-11-23)41(35,36)31(18-24-7-4-14-38-24)17-22-16-30-28(32(22)19-25-8-5-15-39-25)40(33,34)20-21-6-2-3-9-27(21)29/h2-4,6-7,9-14,16,25H,5,8,15,17-20H2,1H3. The number of furan rings is 1. The fourth-order valence-electron chi connectivity index (χ4n) is 4.72. The van der Waals surface area contributed by atoms with Gasteiger partial charge in [-0.15, -0.1) is 0 Å². The van der Waals surface area contributed by atoms with Crippen LogP contribution in [-0.4, -0.2) is 50.5 Å². The zero-order chi connectivity index (χ0) is 29.0. The van der Waals surface area contributed by atoms with Crippen LogP contribution in [0.4, 0.5) is 4.39 Å². The molecule has 10 nitrogen and oxygen atoms in total. The minimum Gasteiger partial charge on any atom is -0.497 e. The van der Waals surface area contributed by atoms with E-state index < -0.39 is 31.4 Å². The second-order valence-corrected chi connectivity index (χ2v) is 13.5. The molecule has 1 fully saturated rings. The monoisotopic (exact) mass is 603 g/mol. The van der Waals surface area contributed by atoms with Gasteiger partial charge in [0.1, 0.15) is 17.3 Å². The summed E-state index contributed by atoms with van der Waals surface area (Å²) in [6, 6.07) is 15.0. The lowest BCUT2D eigenvalue weighted by Crippen LogP contribution is -2.32. The Balaban J connectivity index is 1.53. The van der Waals surface area contributed by atoms with Crippen molar-refractivity contribution < 1.29 is 35.1 Å². The second-order valence-electron chi connectivity index (χ2n) is 9.66. The van der Waals surface area contributed by atoms with Crippen molar-refractivity contribution in [1.82, 2.24) is 13.9 Å². The Morgan fingerprint density at radius 1 is 1.05 bits per heavy atom. The quantitative estimate of drug-likeness (QED) is 0.237. The maximum atomic E-state index is 14.4. The number of nitrogens with zero attached hydrogens (tertiary/aromatic N) is 3. The van der Waals surface area contributed by atoms with Crippen LogP contribution in [0.25, 0.3) is 0 Å². The third kappa shape index (κ3) is 6.53. The highest BCUT2D eigenvalue weighted by atomic mass is 32.2. The lowest BCUT2D eigenvalue weighted by Gasteiger charge is -2.23. The van der Waals surface area contributed by atoms with E-state index in [0.29, 0.717) is 30.2 Å². The molecule has 2 aromatic carbocycles. The van der Waals surface area contributed by atoms with Crippen molar-refractivity contribution in [1.29, 1.82) is 0 Å². The van der Waals surface area contributed by atoms with Gasteiger partial charge in [0.15, 0.2) is 0 Å². The molecule has 13 heteroatoms. The predicted octanol–water partition coefficient (Wildman–Crippen LogP) is 4.17. The van der Waals surface area contributed by atoms with Gasteiger partial charge in [-0.05, 0) is 55.3 Å². The van der Waals surface area contributed by atoms with Crippen molar-refractivity contribution >= 4 is 19.9 Å². The molecule has 0 bridgehead atoms. The highest BCUT2D eigenvalue weighted by Gasteiger charge is 2.31. The number of ether oxygens (including phenoxy) is 2. The van der Waals surface area contributed by atoms with Gasteiger partial charge >= 0.3 is 0 Å². The Kier molecular flexibility index (Phi) is 8.59. The molecule has 5 rings (SSSR count). The van der Waals surface area contributed by atoms with E-state index in [0.717, 1.165) is 6.42 Å². The molecule has 41 heavy (non-hydrogen) atoms. The average Bonchev–Trinajstić information content (AvgIpc) is 3.74. The molecule has 4 aromatic rings. The number of hydrogen-bond acceptors (Lipinski definition) is 8. The van der Waals surface area contributed by atoms with Crippen LogP contribution in [0.3, 0.4) is 0 Å². The molecule has 0 aliphatic carbocycles. The van der Waals surface area contributed by atoms with Gasteiger partial charge in [-0.3, -0.25) is 0 Å². The van der Waals surface area contributed by atoms with Crippen LogP contribution < -0.4 is 4.74 Å². The number of benzene rings is 2. The van der Waals surface area contributed by atoms with Crippen LogP contribution in [0, 0.1) is 5.82 Å². The van der Waals surface area contributed by atoms with E-state index in [1.807, 2.05) is 0 Å². The Bertz CT molecular complexity index is 1680. The van der Waals surface area contributed by atoms with Gasteiger partial charge in [0.25, 0.3) is 0 Å². The number of rotatable bonds is 12. The van der Waals surface area contributed by atoms with E-state index in [9.17, 15) is 21.2 Å². The predicted molar refractivity (Wildman–Crippen MR) is 147 cm³/mol. The largest absolute Gasteiger partial charge is 0.497 e. The number of halogens is 1. The summed E-state index contributed by atoms with van der Waals surface area (Å²) in [5.74, 6) is -0.327. The summed E-state index contributed by atoms with van der Waals surface area (Å²) in [5, 5.41) is -0.272. The lowest BCUT2D eigenvalue weighted by molar-refractivity contribution is 0.0937. The van der Waals surface area contributed by atoms with Crippen molar-refractivity contribution in [3.63, 3.8) is 0 Å². The zero-order valence-corrected chi connectivity index (χ0v) is 24.0. The Labute approximate surface area is 238 Å². The van der Waals surface area contributed by atoms with E-state index in [-0.39, 0.29) is 41.4 Å². The normalized spacial score (nSPS) is 15.9. The van der Waals surface area contributed by atoms with Crippen LogP contribution in [0.15, 0.2) is 87.6 Å². The Morgan fingerprint density at radius 3 is 2.49 bits per heavy atom. The van der Waals surface area contributed by atoms with E-state index in [2.05, 4.69) is 4.98 Å². The van der Waals surface area contributed by atoms with Gasteiger partial charge in [-0.2, -0.15) is 4.31 Å². The molecule has 218 valence electrons.